The van der Waals surface area contributed by atoms with E-state index in [9.17, 15) is 14.3 Å². The first-order valence-corrected chi connectivity index (χ1v) is 4.65. The van der Waals surface area contributed by atoms with E-state index in [0.29, 0.717) is 12.0 Å². The smallest absolute Gasteiger partial charge is 0.199 e. The summed E-state index contributed by atoms with van der Waals surface area (Å²) >= 11 is 0. The number of dihydropyridines is 1. The van der Waals surface area contributed by atoms with Gasteiger partial charge in [0.15, 0.2) is 12.1 Å². The largest absolute Gasteiger partial charge is 0.385 e. The quantitative estimate of drug-likeness (QED) is 0.611. The van der Waals surface area contributed by atoms with Gasteiger partial charge in [-0.3, -0.25) is 4.79 Å². The molecule has 2 rings (SSSR count). The van der Waals surface area contributed by atoms with Gasteiger partial charge in [-0.15, -0.1) is 0 Å². The van der Waals surface area contributed by atoms with Crippen LogP contribution in [0.15, 0.2) is 23.4 Å². The number of Topliss-reactive ketones (excluding diaryl/α,β-unsaturated/α-hetero) is 1. The van der Waals surface area contributed by atoms with Crippen LogP contribution >= 0.6 is 0 Å². The lowest BCUT2D eigenvalue weighted by Crippen LogP contribution is -2.30. The van der Waals surface area contributed by atoms with E-state index in [1.54, 1.807) is 13.0 Å². The minimum atomic E-state index is -1.47. The first-order chi connectivity index (χ1) is 6.58. The van der Waals surface area contributed by atoms with Crippen molar-refractivity contribution in [3.63, 3.8) is 0 Å². The lowest BCUT2D eigenvalue weighted by molar-refractivity contribution is -0.117. The molecule has 0 aromatic rings. The van der Waals surface area contributed by atoms with Crippen molar-refractivity contribution < 1.29 is 14.3 Å². The number of hydrogen-bond acceptors (Lipinski definition) is 3. The van der Waals surface area contributed by atoms with E-state index in [4.69, 9.17) is 0 Å². The Hall–Kier alpha value is -1.16. The zero-order valence-corrected chi connectivity index (χ0v) is 7.88. The summed E-state index contributed by atoms with van der Waals surface area (Å²) in [4.78, 5) is 11.5. The molecule has 0 fully saturated rings. The number of hydrogen-bond donors (Lipinski definition) is 2. The van der Waals surface area contributed by atoms with E-state index < -0.39 is 11.9 Å². The molecule has 4 heteroatoms. The van der Waals surface area contributed by atoms with E-state index in [-0.39, 0.29) is 17.8 Å². The maximum absolute atomic E-state index is 13.3. The maximum atomic E-state index is 13.3. The van der Waals surface area contributed by atoms with Crippen molar-refractivity contribution in [1.82, 2.24) is 5.32 Å². The van der Waals surface area contributed by atoms with Crippen LogP contribution in [0.4, 0.5) is 4.39 Å². The third kappa shape index (κ3) is 1.10. The highest BCUT2D eigenvalue weighted by Crippen LogP contribution is 2.39. The Labute approximate surface area is 81.3 Å². The van der Waals surface area contributed by atoms with Gasteiger partial charge < -0.3 is 10.4 Å². The molecule has 3 nitrogen and oxygen atoms in total. The lowest BCUT2D eigenvalue weighted by Gasteiger charge is -2.24. The zero-order valence-electron chi connectivity index (χ0n) is 7.88. The van der Waals surface area contributed by atoms with Crippen LogP contribution in [0.25, 0.3) is 0 Å². The average molecular weight is 197 g/mol. The fraction of sp³-hybridized carbons (Fsp3) is 0.500. The van der Waals surface area contributed by atoms with Crippen LogP contribution in [0.5, 0.6) is 0 Å². The molecule has 76 valence electrons. The Kier molecular flexibility index (Phi) is 1.96. The molecule has 1 aliphatic carbocycles. The van der Waals surface area contributed by atoms with Crippen molar-refractivity contribution in [3.05, 3.63) is 23.4 Å². The van der Waals surface area contributed by atoms with Gasteiger partial charge in [-0.25, -0.2) is 4.39 Å². The summed E-state index contributed by atoms with van der Waals surface area (Å²) < 4.78 is 13.3. The number of alkyl halides is 1. The molecule has 1 aliphatic heterocycles. The highest BCUT2D eigenvalue weighted by molar-refractivity contribution is 6.02. The average Bonchev–Trinajstić information content (AvgIpc) is 2.41. The van der Waals surface area contributed by atoms with Crippen molar-refractivity contribution >= 4 is 5.78 Å². The molecular formula is C10H12FNO2. The van der Waals surface area contributed by atoms with E-state index in [1.165, 1.54) is 6.20 Å². The summed E-state index contributed by atoms with van der Waals surface area (Å²) in [6.07, 6.45) is 1.97. The zero-order chi connectivity index (χ0) is 10.3. The number of ketones is 1. The summed E-state index contributed by atoms with van der Waals surface area (Å²) in [6, 6.07) is 0. The van der Waals surface area contributed by atoms with Gasteiger partial charge >= 0.3 is 0 Å². The highest BCUT2D eigenvalue weighted by Gasteiger charge is 2.45. The van der Waals surface area contributed by atoms with E-state index in [1.807, 2.05) is 0 Å². The first-order valence-electron chi connectivity index (χ1n) is 4.65. The molecule has 0 unspecified atom stereocenters. The molecule has 0 saturated heterocycles. The van der Waals surface area contributed by atoms with Crippen LogP contribution in [0.3, 0.4) is 0 Å². The predicted octanol–water partition coefficient (Wildman–Crippen LogP) is 0.809. The molecule has 0 saturated carbocycles. The molecule has 14 heavy (non-hydrogen) atoms. The second-order valence-corrected chi connectivity index (χ2v) is 3.67. The number of aliphatic hydroxyl groups is 1. The van der Waals surface area contributed by atoms with Crippen LogP contribution in [-0.4, -0.2) is 22.8 Å². The maximum Gasteiger partial charge on any atom is 0.199 e. The second kappa shape index (κ2) is 2.92. The molecule has 1 heterocycles. The Morgan fingerprint density at radius 3 is 3.14 bits per heavy atom. The number of nitrogens with one attached hydrogen (secondary N) is 1. The molecule has 0 amide bonds. The molecule has 0 aromatic carbocycles. The molecular weight excluding hydrogens is 185 g/mol. The van der Waals surface area contributed by atoms with Gasteiger partial charge in [-0.2, -0.15) is 0 Å². The summed E-state index contributed by atoms with van der Waals surface area (Å²) in [6.45, 7) is 1.78. The molecule has 2 atom stereocenters. The molecule has 2 aliphatic rings. The fourth-order valence-corrected chi connectivity index (χ4v) is 1.99. The van der Waals surface area contributed by atoms with Crippen molar-refractivity contribution in [1.29, 1.82) is 0 Å². The van der Waals surface area contributed by atoms with Crippen LogP contribution in [0.1, 0.15) is 19.8 Å². The number of carbonyl (C=O) groups excluding carboxylic acids is 1. The normalized spacial score (nSPS) is 35.9. The lowest BCUT2D eigenvalue weighted by atomic mass is 9.91. The Morgan fingerprint density at radius 2 is 2.50 bits per heavy atom. The Balaban J connectivity index is 2.49. The first kappa shape index (κ1) is 9.40. The monoisotopic (exact) mass is 197 g/mol. The van der Waals surface area contributed by atoms with Crippen LogP contribution in [0.2, 0.25) is 0 Å². The van der Waals surface area contributed by atoms with Gasteiger partial charge in [-0.1, -0.05) is 6.92 Å². The number of carbonyl (C=O) groups is 1. The number of halogens is 1. The molecule has 0 spiro atoms. The predicted molar refractivity (Wildman–Crippen MR) is 49.1 cm³/mol. The Bertz CT molecular complexity index is 348. The van der Waals surface area contributed by atoms with Gasteiger partial charge in [-0.05, 0) is 24.3 Å². The van der Waals surface area contributed by atoms with Crippen molar-refractivity contribution in [2.75, 3.05) is 0 Å². The van der Waals surface area contributed by atoms with Crippen molar-refractivity contribution in [2.45, 2.75) is 31.7 Å². The van der Waals surface area contributed by atoms with Crippen LogP contribution < -0.4 is 5.32 Å². The molecule has 0 radical (unpaired) electrons. The number of rotatable bonds is 1. The van der Waals surface area contributed by atoms with Crippen molar-refractivity contribution in [3.8, 4) is 0 Å². The van der Waals surface area contributed by atoms with Gasteiger partial charge in [0, 0.05) is 6.42 Å². The van der Waals surface area contributed by atoms with E-state index in [0.717, 1.165) is 0 Å². The van der Waals surface area contributed by atoms with Gasteiger partial charge in [0.25, 0.3) is 0 Å². The van der Waals surface area contributed by atoms with E-state index >= 15 is 0 Å². The summed E-state index contributed by atoms with van der Waals surface area (Å²) in [7, 11) is 0. The molecule has 0 aromatic heterocycles. The Morgan fingerprint density at radius 1 is 1.79 bits per heavy atom. The van der Waals surface area contributed by atoms with Crippen LogP contribution in [-0.2, 0) is 4.79 Å². The topological polar surface area (TPSA) is 49.3 Å². The van der Waals surface area contributed by atoms with Crippen LogP contribution in [0, 0.1) is 0 Å². The third-order valence-corrected chi connectivity index (χ3v) is 2.88. The third-order valence-electron chi connectivity index (χ3n) is 2.88. The van der Waals surface area contributed by atoms with E-state index in [2.05, 4.69) is 5.32 Å². The second-order valence-electron chi connectivity index (χ2n) is 3.67. The SMILES string of the molecule is CC[C@]1(O)CC(=O)C2=C1C=CN[C@H]2F. The molecule has 2 N–H and O–H groups in total. The van der Waals surface area contributed by atoms with Gasteiger partial charge in [0.2, 0.25) is 0 Å². The van der Waals surface area contributed by atoms with Gasteiger partial charge in [0.1, 0.15) is 0 Å². The standard InChI is InChI=1S/C10H12FNO2/c1-2-10(14)5-7(13)8-6(10)3-4-12-9(8)11/h3-4,9,12,14H,2,5H2,1H3/t9-,10+/m1/s1. The summed E-state index contributed by atoms with van der Waals surface area (Å²) in [5, 5.41) is 12.5. The summed E-state index contributed by atoms with van der Waals surface area (Å²) in [5.74, 6) is -0.297. The highest BCUT2D eigenvalue weighted by atomic mass is 19.1. The fourth-order valence-electron chi connectivity index (χ4n) is 1.99. The molecule has 0 bridgehead atoms. The minimum absolute atomic E-state index is 0.000602. The van der Waals surface area contributed by atoms with Gasteiger partial charge in [0.05, 0.1) is 11.2 Å². The minimum Gasteiger partial charge on any atom is -0.385 e. The van der Waals surface area contributed by atoms with Crippen molar-refractivity contribution in [2.24, 2.45) is 0 Å². The summed E-state index contributed by atoms with van der Waals surface area (Å²) in [5.41, 5.74) is -0.622.